The summed E-state index contributed by atoms with van der Waals surface area (Å²) in [5.74, 6) is 0. The highest BCUT2D eigenvalue weighted by Gasteiger charge is 2.36. The summed E-state index contributed by atoms with van der Waals surface area (Å²) in [6.07, 6.45) is 3.71. The van der Waals surface area contributed by atoms with Crippen LogP contribution in [0.1, 0.15) is 19.3 Å². The molecule has 18 heavy (non-hydrogen) atoms. The van der Waals surface area contributed by atoms with E-state index in [0.717, 1.165) is 12.8 Å². The number of aliphatic hydroxyl groups excluding tert-OH is 1. The topological polar surface area (TPSA) is 75.4 Å². The zero-order valence-corrected chi connectivity index (χ0v) is 11.7. The van der Waals surface area contributed by atoms with Gasteiger partial charge in [0.1, 0.15) is 0 Å². The molecule has 0 radical (unpaired) electrons. The van der Waals surface area contributed by atoms with Crippen molar-refractivity contribution in [1.29, 1.82) is 0 Å². The van der Waals surface area contributed by atoms with E-state index in [1.807, 2.05) is 0 Å². The van der Waals surface area contributed by atoms with Gasteiger partial charge in [-0.2, -0.15) is 9.40 Å². The first kappa shape index (κ1) is 13.8. The molecule has 0 aliphatic carbocycles. The molecule has 1 fully saturated rings. The Bertz CT molecular complexity index is 509. The van der Waals surface area contributed by atoms with E-state index < -0.39 is 10.0 Å². The Morgan fingerprint density at radius 1 is 1.56 bits per heavy atom. The van der Waals surface area contributed by atoms with Gasteiger partial charge >= 0.3 is 0 Å². The SMILES string of the molecule is Cn1ncc(Cl)c1S(=O)(=O)N1CCCCC1CO. The summed E-state index contributed by atoms with van der Waals surface area (Å²) < 4.78 is 27.6. The first-order valence-electron chi connectivity index (χ1n) is 5.78. The molecular formula is C10H16ClN3O3S. The molecule has 2 heterocycles. The standard InChI is InChI=1S/C10H16ClN3O3S/c1-13-10(9(11)6-12-13)18(16,17)14-5-3-2-4-8(14)7-15/h6,8,15H,2-5,7H2,1H3. The van der Waals surface area contributed by atoms with Crippen LogP contribution in [-0.4, -0.2) is 46.8 Å². The van der Waals surface area contributed by atoms with Crippen LogP contribution in [-0.2, 0) is 17.1 Å². The van der Waals surface area contributed by atoms with Crippen molar-refractivity contribution in [1.82, 2.24) is 14.1 Å². The second-order valence-corrected chi connectivity index (χ2v) is 6.58. The monoisotopic (exact) mass is 293 g/mol. The molecule has 1 saturated heterocycles. The molecular weight excluding hydrogens is 278 g/mol. The molecule has 0 bridgehead atoms. The van der Waals surface area contributed by atoms with Crippen molar-refractivity contribution >= 4 is 21.6 Å². The number of piperidine rings is 1. The van der Waals surface area contributed by atoms with Gasteiger partial charge in [-0.05, 0) is 12.8 Å². The van der Waals surface area contributed by atoms with Gasteiger partial charge in [0, 0.05) is 19.6 Å². The van der Waals surface area contributed by atoms with Crippen LogP contribution in [0, 0.1) is 0 Å². The number of aliphatic hydroxyl groups is 1. The summed E-state index contributed by atoms with van der Waals surface area (Å²) in [4.78, 5) is 0. The van der Waals surface area contributed by atoms with Crippen molar-refractivity contribution < 1.29 is 13.5 Å². The number of hydrogen-bond donors (Lipinski definition) is 1. The van der Waals surface area contributed by atoms with Gasteiger partial charge in [-0.1, -0.05) is 18.0 Å². The molecule has 1 N–H and O–H groups in total. The Kier molecular flexibility index (Phi) is 3.96. The van der Waals surface area contributed by atoms with E-state index in [1.165, 1.54) is 22.2 Å². The summed E-state index contributed by atoms with van der Waals surface area (Å²) in [5.41, 5.74) is 0. The van der Waals surface area contributed by atoms with Gasteiger partial charge in [0.05, 0.1) is 17.8 Å². The fourth-order valence-corrected chi connectivity index (χ4v) is 4.57. The molecule has 6 nitrogen and oxygen atoms in total. The lowest BCUT2D eigenvalue weighted by molar-refractivity contribution is 0.154. The van der Waals surface area contributed by atoms with Gasteiger partial charge < -0.3 is 5.11 Å². The minimum atomic E-state index is -3.70. The maximum Gasteiger partial charge on any atom is 0.262 e. The van der Waals surface area contributed by atoms with Gasteiger partial charge in [-0.25, -0.2) is 8.42 Å². The number of halogens is 1. The first-order chi connectivity index (χ1) is 8.48. The molecule has 102 valence electrons. The lowest BCUT2D eigenvalue weighted by Gasteiger charge is -2.33. The summed E-state index contributed by atoms with van der Waals surface area (Å²) in [6.45, 7) is 0.240. The number of rotatable bonds is 3. The van der Waals surface area contributed by atoms with E-state index in [0.29, 0.717) is 13.0 Å². The Morgan fingerprint density at radius 3 is 2.83 bits per heavy atom. The number of aromatic nitrogens is 2. The van der Waals surface area contributed by atoms with E-state index in [1.54, 1.807) is 0 Å². The molecule has 0 aromatic carbocycles. The second kappa shape index (κ2) is 5.16. The molecule has 1 unspecified atom stereocenters. The van der Waals surface area contributed by atoms with Crippen molar-refractivity contribution in [2.24, 2.45) is 7.05 Å². The highest BCUT2D eigenvalue weighted by Crippen LogP contribution is 2.28. The lowest BCUT2D eigenvalue weighted by Crippen LogP contribution is -2.46. The zero-order chi connectivity index (χ0) is 13.3. The molecule has 1 aliphatic heterocycles. The molecule has 1 aromatic heterocycles. The highest BCUT2D eigenvalue weighted by molar-refractivity contribution is 7.89. The predicted molar refractivity (Wildman–Crippen MR) is 66.8 cm³/mol. The number of sulfonamides is 1. The van der Waals surface area contributed by atoms with Gasteiger partial charge in [0.2, 0.25) is 0 Å². The lowest BCUT2D eigenvalue weighted by atomic mass is 10.1. The summed E-state index contributed by atoms with van der Waals surface area (Å²) in [7, 11) is -2.16. The van der Waals surface area contributed by atoms with E-state index in [9.17, 15) is 13.5 Å². The Labute approximate surface area is 111 Å². The van der Waals surface area contributed by atoms with Crippen LogP contribution in [0.5, 0.6) is 0 Å². The summed E-state index contributed by atoms with van der Waals surface area (Å²) in [6, 6.07) is -0.366. The van der Waals surface area contributed by atoms with Crippen molar-refractivity contribution in [2.75, 3.05) is 13.2 Å². The fourth-order valence-electron chi connectivity index (χ4n) is 2.27. The Balaban J connectivity index is 2.41. The van der Waals surface area contributed by atoms with Gasteiger partial charge in [-0.3, -0.25) is 4.68 Å². The average Bonchev–Trinajstić information content (AvgIpc) is 2.69. The van der Waals surface area contributed by atoms with E-state index >= 15 is 0 Å². The molecule has 1 aromatic rings. The van der Waals surface area contributed by atoms with Crippen molar-refractivity contribution in [3.8, 4) is 0 Å². The van der Waals surface area contributed by atoms with Crippen LogP contribution >= 0.6 is 11.6 Å². The third kappa shape index (κ3) is 2.27. The third-order valence-electron chi connectivity index (χ3n) is 3.18. The van der Waals surface area contributed by atoms with Gasteiger partial charge in [0.25, 0.3) is 10.0 Å². The van der Waals surface area contributed by atoms with Crippen molar-refractivity contribution in [3.63, 3.8) is 0 Å². The predicted octanol–water partition coefficient (Wildman–Crippen LogP) is 0.609. The van der Waals surface area contributed by atoms with Crippen LogP contribution in [0.4, 0.5) is 0 Å². The number of aryl methyl sites for hydroxylation is 1. The van der Waals surface area contributed by atoms with Crippen LogP contribution in [0.15, 0.2) is 11.2 Å². The molecule has 0 spiro atoms. The zero-order valence-electron chi connectivity index (χ0n) is 10.1. The van der Waals surface area contributed by atoms with Gasteiger partial charge in [0.15, 0.2) is 5.03 Å². The van der Waals surface area contributed by atoms with Crippen LogP contribution < -0.4 is 0 Å². The quantitative estimate of drug-likeness (QED) is 0.886. The smallest absolute Gasteiger partial charge is 0.262 e. The van der Waals surface area contributed by atoms with E-state index in [2.05, 4.69) is 5.10 Å². The fraction of sp³-hybridized carbons (Fsp3) is 0.700. The molecule has 2 rings (SSSR count). The van der Waals surface area contributed by atoms with Crippen molar-refractivity contribution in [3.05, 3.63) is 11.2 Å². The second-order valence-electron chi connectivity index (χ2n) is 4.37. The largest absolute Gasteiger partial charge is 0.395 e. The maximum absolute atomic E-state index is 12.5. The third-order valence-corrected chi connectivity index (χ3v) is 5.64. The number of nitrogens with zero attached hydrogens (tertiary/aromatic N) is 3. The van der Waals surface area contributed by atoms with Crippen molar-refractivity contribution in [2.45, 2.75) is 30.3 Å². The highest BCUT2D eigenvalue weighted by atomic mass is 35.5. The molecule has 1 aliphatic rings. The minimum absolute atomic E-state index is 0.00971. The molecule has 8 heteroatoms. The maximum atomic E-state index is 12.5. The molecule has 0 saturated carbocycles. The summed E-state index contributed by atoms with van der Waals surface area (Å²) >= 11 is 5.89. The Hall–Kier alpha value is -0.630. The minimum Gasteiger partial charge on any atom is -0.395 e. The van der Waals surface area contributed by atoms with Crippen LogP contribution in [0.3, 0.4) is 0 Å². The average molecular weight is 294 g/mol. The summed E-state index contributed by atoms with van der Waals surface area (Å²) in [5, 5.41) is 13.2. The molecule has 1 atom stereocenters. The Morgan fingerprint density at radius 2 is 2.28 bits per heavy atom. The van der Waals surface area contributed by atoms with E-state index in [4.69, 9.17) is 11.6 Å². The first-order valence-corrected chi connectivity index (χ1v) is 7.60. The van der Waals surface area contributed by atoms with Gasteiger partial charge in [-0.15, -0.1) is 0 Å². The normalized spacial score (nSPS) is 22.3. The van der Waals surface area contributed by atoms with Crippen LogP contribution in [0.25, 0.3) is 0 Å². The van der Waals surface area contributed by atoms with Crippen LogP contribution in [0.2, 0.25) is 5.02 Å². The van der Waals surface area contributed by atoms with E-state index in [-0.39, 0.29) is 22.7 Å². The molecule has 0 amide bonds. The number of hydrogen-bond acceptors (Lipinski definition) is 4.